The highest BCUT2D eigenvalue weighted by molar-refractivity contribution is 5.80. The molecular formula is C26H35N3O2. The van der Waals surface area contributed by atoms with Crippen LogP contribution in [0.4, 0.5) is 0 Å². The Morgan fingerprint density at radius 3 is 2.52 bits per heavy atom. The number of hydrogen-bond acceptors (Lipinski definition) is 3. The molecule has 2 saturated heterocycles. The van der Waals surface area contributed by atoms with Crippen LogP contribution in [0, 0.1) is 12.8 Å². The number of nitrogens with one attached hydrogen (secondary N) is 1. The van der Waals surface area contributed by atoms with Gasteiger partial charge in [0.2, 0.25) is 0 Å². The van der Waals surface area contributed by atoms with Gasteiger partial charge < -0.3 is 19.7 Å². The van der Waals surface area contributed by atoms with Crippen molar-refractivity contribution in [3.63, 3.8) is 0 Å². The minimum Gasteiger partial charge on any atom is -0.490 e. The molecule has 0 radical (unpaired) electrons. The maximum Gasteiger partial charge on any atom is 0.193 e. The average Bonchev–Trinajstić information content (AvgIpc) is 2.82. The third-order valence-electron chi connectivity index (χ3n) is 6.37. The minimum atomic E-state index is 0.157. The minimum absolute atomic E-state index is 0.157. The molecule has 2 fully saturated rings. The SMILES string of the molecule is CN=C(NCC1CCCOC1c1ccc(C)cc1)N1CCC(Oc2ccccc2)CC1. The van der Waals surface area contributed by atoms with E-state index in [2.05, 4.69) is 46.4 Å². The quantitative estimate of drug-likeness (QED) is 0.567. The Bertz CT molecular complexity index is 829. The number of piperidine rings is 1. The molecule has 2 atom stereocenters. The summed E-state index contributed by atoms with van der Waals surface area (Å²) >= 11 is 0. The van der Waals surface area contributed by atoms with Crippen molar-refractivity contribution in [1.82, 2.24) is 10.2 Å². The summed E-state index contributed by atoms with van der Waals surface area (Å²) in [5.74, 6) is 2.40. The predicted molar refractivity (Wildman–Crippen MR) is 126 cm³/mol. The van der Waals surface area contributed by atoms with Gasteiger partial charge in [-0.1, -0.05) is 48.0 Å². The van der Waals surface area contributed by atoms with Crippen LogP contribution in [0.5, 0.6) is 5.75 Å². The summed E-state index contributed by atoms with van der Waals surface area (Å²) in [6.07, 6.45) is 4.74. The summed E-state index contributed by atoms with van der Waals surface area (Å²) in [5, 5.41) is 3.64. The topological polar surface area (TPSA) is 46.1 Å². The summed E-state index contributed by atoms with van der Waals surface area (Å²) in [4.78, 5) is 6.92. The first kappa shape index (κ1) is 21.7. The summed E-state index contributed by atoms with van der Waals surface area (Å²) in [5.41, 5.74) is 2.57. The normalized spacial score (nSPS) is 22.9. The van der Waals surface area contributed by atoms with Crippen molar-refractivity contribution in [2.24, 2.45) is 10.9 Å². The highest BCUT2D eigenvalue weighted by atomic mass is 16.5. The maximum absolute atomic E-state index is 6.19. The highest BCUT2D eigenvalue weighted by Gasteiger charge is 2.29. The lowest BCUT2D eigenvalue weighted by Gasteiger charge is -2.36. The van der Waals surface area contributed by atoms with Crippen LogP contribution >= 0.6 is 0 Å². The Kier molecular flexibility index (Phi) is 7.47. The van der Waals surface area contributed by atoms with Gasteiger partial charge in [-0.05, 0) is 37.5 Å². The Hall–Kier alpha value is -2.53. The first-order valence-electron chi connectivity index (χ1n) is 11.6. The molecule has 2 heterocycles. The summed E-state index contributed by atoms with van der Waals surface area (Å²) in [6.45, 7) is 5.77. The van der Waals surface area contributed by atoms with Gasteiger partial charge in [0, 0.05) is 52.0 Å². The van der Waals surface area contributed by atoms with Gasteiger partial charge in [0.05, 0.1) is 6.10 Å². The highest BCUT2D eigenvalue weighted by Crippen LogP contribution is 2.33. The fourth-order valence-electron chi connectivity index (χ4n) is 4.61. The van der Waals surface area contributed by atoms with Crippen molar-refractivity contribution in [3.05, 3.63) is 65.7 Å². The molecule has 2 aliphatic rings. The molecule has 2 aliphatic heterocycles. The van der Waals surface area contributed by atoms with Crippen molar-refractivity contribution >= 4 is 5.96 Å². The Labute approximate surface area is 186 Å². The van der Waals surface area contributed by atoms with E-state index in [0.29, 0.717) is 5.92 Å². The third-order valence-corrected chi connectivity index (χ3v) is 6.37. The zero-order valence-electron chi connectivity index (χ0n) is 18.8. The van der Waals surface area contributed by atoms with Gasteiger partial charge in [-0.3, -0.25) is 4.99 Å². The number of ether oxygens (including phenoxy) is 2. The molecule has 0 bridgehead atoms. The van der Waals surface area contributed by atoms with E-state index in [0.717, 1.165) is 57.2 Å². The van der Waals surface area contributed by atoms with Crippen molar-refractivity contribution in [3.8, 4) is 5.75 Å². The van der Waals surface area contributed by atoms with Gasteiger partial charge in [-0.25, -0.2) is 0 Å². The lowest BCUT2D eigenvalue weighted by atomic mass is 9.89. The largest absolute Gasteiger partial charge is 0.490 e. The first-order valence-corrected chi connectivity index (χ1v) is 11.6. The van der Waals surface area contributed by atoms with Crippen molar-refractivity contribution < 1.29 is 9.47 Å². The van der Waals surface area contributed by atoms with Crippen LogP contribution in [0.1, 0.15) is 42.9 Å². The maximum atomic E-state index is 6.19. The molecule has 0 aliphatic carbocycles. The number of rotatable bonds is 5. The van der Waals surface area contributed by atoms with Crippen molar-refractivity contribution in [2.45, 2.75) is 44.8 Å². The molecule has 1 N–H and O–H groups in total. The van der Waals surface area contributed by atoms with E-state index in [1.165, 1.54) is 17.5 Å². The van der Waals surface area contributed by atoms with E-state index in [4.69, 9.17) is 9.47 Å². The number of guanidine groups is 1. The lowest BCUT2D eigenvalue weighted by molar-refractivity contribution is -0.0267. The molecule has 31 heavy (non-hydrogen) atoms. The molecule has 2 unspecified atom stereocenters. The average molecular weight is 422 g/mol. The summed E-state index contributed by atoms with van der Waals surface area (Å²) in [6, 6.07) is 18.9. The van der Waals surface area contributed by atoms with Crippen LogP contribution in [0.15, 0.2) is 59.6 Å². The smallest absolute Gasteiger partial charge is 0.193 e. The van der Waals surface area contributed by atoms with Gasteiger partial charge in [-0.2, -0.15) is 0 Å². The van der Waals surface area contributed by atoms with Crippen LogP contribution in [0.2, 0.25) is 0 Å². The molecular weight excluding hydrogens is 386 g/mol. The summed E-state index contributed by atoms with van der Waals surface area (Å²) < 4.78 is 12.3. The predicted octanol–water partition coefficient (Wildman–Crippen LogP) is 4.58. The number of benzene rings is 2. The van der Waals surface area contributed by atoms with Gasteiger partial charge >= 0.3 is 0 Å². The Morgan fingerprint density at radius 1 is 1.06 bits per heavy atom. The van der Waals surface area contributed by atoms with Crippen LogP contribution in [-0.2, 0) is 4.74 Å². The second-order valence-electron chi connectivity index (χ2n) is 8.65. The molecule has 5 nitrogen and oxygen atoms in total. The van der Waals surface area contributed by atoms with E-state index in [9.17, 15) is 0 Å². The first-order chi connectivity index (χ1) is 15.2. The van der Waals surface area contributed by atoms with Gasteiger partial charge in [0.15, 0.2) is 5.96 Å². The molecule has 4 rings (SSSR count). The second-order valence-corrected chi connectivity index (χ2v) is 8.65. The van der Waals surface area contributed by atoms with Gasteiger partial charge in [-0.15, -0.1) is 0 Å². The van der Waals surface area contributed by atoms with E-state index >= 15 is 0 Å². The molecule has 2 aromatic rings. The summed E-state index contributed by atoms with van der Waals surface area (Å²) in [7, 11) is 1.88. The van der Waals surface area contributed by atoms with Gasteiger partial charge in [0.1, 0.15) is 11.9 Å². The number of aryl methyl sites for hydroxylation is 1. The van der Waals surface area contributed by atoms with E-state index in [1.807, 2.05) is 37.4 Å². The van der Waals surface area contributed by atoms with Crippen LogP contribution in [0.25, 0.3) is 0 Å². The zero-order chi connectivity index (χ0) is 21.5. The number of hydrogen-bond donors (Lipinski definition) is 1. The molecule has 166 valence electrons. The molecule has 0 amide bonds. The number of para-hydroxylation sites is 1. The fourth-order valence-corrected chi connectivity index (χ4v) is 4.61. The number of nitrogens with zero attached hydrogens (tertiary/aromatic N) is 2. The van der Waals surface area contributed by atoms with Crippen LogP contribution in [-0.4, -0.2) is 50.3 Å². The van der Waals surface area contributed by atoms with Crippen molar-refractivity contribution in [2.75, 3.05) is 33.3 Å². The monoisotopic (exact) mass is 421 g/mol. The van der Waals surface area contributed by atoms with E-state index in [1.54, 1.807) is 0 Å². The fraction of sp³-hybridized carbons (Fsp3) is 0.500. The third kappa shape index (κ3) is 5.79. The van der Waals surface area contributed by atoms with Gasteiger partial charge in [0.25, 0.3) is 0 Å². The molecule has 0 spiro atoms. The Morgan fingerprint density at radius 2 is 1.81 bits per heavy atom. The number of aliphatic imine (C=N–C) groups is 1. The van der Waals surface area contributed by atoms with E-state index in [-0.39, 0.29) is 12.2 Å². The zero-order valence-corrected chi connectivity index (χ0v) is 18.8. The van der Waals surface area contributed by atoms with Crippen LogP contribution < -0.4 is 10.1 Å². The standard InChI is InChI=1S/C26H35N3O2/c1-20-10-12-21(13-11-20)25-22(7-6-18-30-25)19-28-26(27-2)29-16-14-24(15-17-29)31-23-8-4-3-5-9-23/h3-5,8-13,22,24-25H,6-7,14-19H2,1-2H3,(H,27,28). The van der Waals surface area contributed by atoms with Crippen LogP contribution in [0.3, 0.4) is 0 Å². The molecule has 2 aromatic carbocycles. The molecule has 5 heteroatoms. The lowest BCUT2D eigenvalue weighted by Crippen LogP contribution is -2.49. The second kappa shape index (κ2) is 10.7. The molecule has 0 saturated carbocycles. The Balaban J connectivity index is 1.29. The van der Waals surface area contributed by atoms with Crippen molar-refractivity contribution in [1.29, 1.82) is 0 Å². The van der Waals surface area contributed by atoms with E-state index < -0.39 is 0 Å². The molecule has 0 aromatic heterocycles. The number of likely N-dealkylation sites (tertiary alicyclic amines) is 1.